The molecule has 4 rings (SSSR count). The molecule has 0 aliphatic carbocycles. The molecule has 32 heavy (non-hydrogen) atoms. The van der Waals surface area contributed by atoms with E-state index in [1.54, 1.807) is 35.0 Å². The first kappa shape index (κ1) is 22.4. The zero-order valence-corrected chi connectivity index (χ0v) is 19.2. The van der Waals surface area contributed by atoms with Gasteiger partial charge in [0.1, 0.15) is 12.1 Å². The van der Waals surface area contributed by atoms with E-state index in [1.807, 2.05) is 30.3 Å². The second-order valence-electron chi connectivity index (χ2n) is 8.03. The molecule has 1 N–H and O–H groups in total. The van der Waals surface area contributed by atoms with Crippen LogP contribution in [0.15, 0.2) is 48.5 Å². The summed E-state index contributed by atoms with van der Waals surface area (Å²) in [5.74, 6) is -0.476. The number of halogens is 2. The maximum Gasteiger partial charge on any atom is 0.255 e. The summed E-state index contributed by atoms with van der Waals surface area (Å²) in [6, 6.07) is 14.5. The molecule has 2 aromatic carbocycles. The van der Waals surface area contributed by atoms with Gasteiger partial charge in [-0.15, -0.1) is 0 Å². The van der Waals surface area contributed by atoms with Crippen molar-refractivity contribution in [1.29, 1.82) is 0 Å². The molecule has 3 amide bonds. The van der Waals surface area contributed by atoms with Gasteiger partial charge in [-0.1, -0.05) is 41.4 Å². The van der Waals surface area contributed by atoms with E-state index in [0.717, 1.165) is 5.69 Å². The molecule has 0 bridgehead atoms. The van der Waals surface area contributed by atoms with Gasteiger partial charge in [0.25, 0.3) is 11.8 Å². The summed E-state index contributed by atoms with van der Waals surface area (Å²) in [5.41, 5.74) is 0.516. The van der Waals surface area contributed by atoms with Gasteiger partial charge in [-0.25, -0.2) is 0 Å². The summed E-state index contributed by atoms with van der Waals surface area (Å²) >= 11 is 12.2. The highest BCUT2D eigenvalue weighted by Crippen LogP contribution is 2.39. The minimum absolute atomic E-state index is 0.00342. The fourth-order valence-corrected chi connectivity index (χ4v) is 4.98. The Balaban J connectivity index is 1.57. The van der Waals surface area contributed by atoms with E-state index in [9.17, 15) is 14.4 Å². The number of nitrogens with zero attached hydrogens (tertiary/aromatic N) is 3. The van der Waals surface area contributed by atoms with Gasteiger partial charge in [-0.3, -0.25) is 14.4 Å². The van der Waals surface area contributed by atoms with Gasteiger partial charge in [0.2, 0.25) is 5.91 Å². The third kappa shape index (κ3) is 4.02. The number of likely N-dealkylation sites (tertiary alicyclic amines) is 1. The fraction of sp³-hybridized carbons (Fsp3) is 0.348. The second-order valence-corrected chi connectivity index (χ2v) is 8.87. The molecule has 2 saturated heterocycles. The van der Waals surface area contributed by atoms with Crippen LogP contribution >= 0.6 is 23.2 Å². The number of benzene rings is 2. The zero-order chi connectivity index (χ0) is 22.9. The minimum Gasteiger partial charge on any atom is -0.358 e. The lowest BCUT2D eigenvalue weighted by molar-refractivity contribution is -0.137. The number of amides is 3. The van der Waals surface area contributed by atoms with Gasteiger partial charge in [0, 0.05) is 30.8 Å². The van der Waals surface area contributed by atoms with Crippen molar-refractivity contribution in [2.75, 3.05) is 38.3 Å². The summed E-state index contributed by atoms with van der Waals surface area (Å²) in [7, 11) is 1.56. The number of carbonyl (C=O) groups is 3. The Morgan fingerprint density at radius 1 is 1.06 bits per heavy atom. The molecule has 1 spiro atoms. The number of para-hydroxylation sites is 1. The smallest absolute Gasteiger partial charge is 0.255 e. The first-order valence-corrected chi connectivity index (χ1v) is 11.2. The molecule has 168 valence electrons. The number of anilines is 1. The van der Waals surface area contributed by atoms with Crippen LogP contribution < -0.4 is 10.2 Å². The van der Waals surface area contributed by atoms with Gasteiger partial charge in [0.05, 0.1) is 17.3 Å². The summed E-state index contributed by atoms with van der Waals surface area (Å²) in [4.78, 5) is 43.9. The van der Waals surface area contributed by atoms with Gasteiger partial charge in [0.15, 0.2) is 0 Å². The number of likely N-dealkylation sites (N-methyl/N-ethyl adjacent to an activating group) is 1. The number of nitrogens with one attached hydrogen (secondary N) is 1. The second kappa shape index (κ2) is 9.00. The van der Waals surface area contributed by atoms with Crippen LogP contribution in [0.2, 0.25) is 10.0 Å². The maximum atomic E-state index is 13.5. The van der Waals surface area contributed by atoms with E-state index in [-0.39, 0.29) is 24.3 Å². The fourth-order valence-electron chi connectivity index (χ4n) is 4.49. The van der Waals surface area contributed by atoms with Crippen LogP contribution in [0.1, 0.15) is 23.2 Å². The molecule has 2 aliphatic rings. The average molecular weight is 475 g/mol. The maximum absolute atomic E-state index is 13.5. The third-order valence-corrected chi connectivity index (χ3v) is 6.78. The lowest BCUT2D eigenvalue weighted by Crippen LogP contribution is -2.57. The van der Waals surface area contributed by atoms with E-state index in [4.69, 9.17) is 23.2 Å². The predicted molar refractivity (Wildman–Crippen MR) is 124 cm³/mol. The molecule has 2 aliphatic heterocycles. The van der Waals surface area contributed by atoms with E-state index < -0.39 is 5.54 Å². The van der Waals surface area contributed by atoms with Gasteiger partial charge in [-0.2, -0.15) is 0 Å². The Hall–Kier alpha value is -2.77. The van der Waals surface area contributed by atoms with Gasteiger partial charge < -0.3 is 20.0 Å². The summed E-state index contributed by atoms with van der Waals surface area (Å²) in [5, 5.41) is 3.36. The number of hydrogen-bond acceptors (Lipinski definition) is 4. The Labute approximate surface area is 196 Å². The van der Waals surface area contributed by atoms with Crippen molar-refractivity contribution >= 4 is 46.6 Å². The Morgan fingerprint density at radius 2 is 1.75 bits per heavy atom. The number of hydrogen-bond donors (Lipinski definition) is 1. The average Bonchev–Trinajstić information content (AvgIpc) is 3.05. The van der Waals surface area contributed by atoms with Crippen LogP contribution in [-0.4, -0.2) is 66.4 Å². The highest BCUT2D eigenvalue weighted by molar-refractivity contribution is 6.36. The number of piperidine rings is 1. The third-order valence-electron chi connectivity index (χ3n) is 6.23. The molecular formula is C23H24Cl2N4O3. The van der Waals surface area contributed by atoms with E-state index in [0.29, 0.717) is 48.2 Å². The molecular weight excluding hydrogens is 451 g/mol. The zero-order valence-electron chi connectivity index (χ0n) is 17.7. The van der Waals surface area contributed by atoms with Crippen LogP contribution in [0.3, 0.4) is 0 Å². The monoisotopic (exact) mass is 474 g/mol. The molecule has 9 heteroatoms. The molecule has 0 saturated carbocycles. The number of carbonyl (C=O) groups excluding carboxylic acids is 3. The molecule has 0 unspecified atom stereocenters. The van der Waals surface area contributed by atoms with Crippen molar-refractivity contribution in [2.45, 2.75) is 18.4 Å². The van der Waals surface area contributed by atoms with Crippen LogP contribution in [0.4, 0.5) is 5.69 Å². The normalized spacial score (nSPS) is 17.7. The largest absolute Gasteiger partial charge is 0.358 e. The number of rotatable bonds is 4. The summed E-state index contributed by atoms with van der Waals surface area (Å²) in [6.45, 7) is 1.14. The lowest BCUT2D eigenvalue weighted by atomic mass is 9.85. The highest BCUT2D eigenvalue weighted by atomic mass is 35.5. The Kier molecular flexibility index (Phi) is 6.31. The van der Waals surface area contributed by atoms with Gasteiger partial charge >= 0.3 is 0 Å². The molecule has 0 atom stereocenters. The summed E-state index contributed by atoms with van der Waals surface area (Å²) < 4.78 is 0. The first-order chi connectivity index (χ1) is 15.4. The van der Waals surface area contributed by atoms with Crippen molar-refractivity contribution in [2.24, 2.45) is 0 Å². The van der Waals surface area contributed by atoms with Crippen LogP contribution in [0.25, 0.3) is 0 Å². The lowest BCUT2D eigenvalue weighted by Gasteiger charge is -2.43. The molecule has 2 aromatic rings. The van der Waals surface area contributed by atoms with Crippen molar-refractivity contribution < 1.29 is 14.4 Å². The van der Waals surface area contributed by atoms with Crippen molar-refractivity contribution in [1.82, 2.24) is 15.1 Å². The molecule has 7 nitrogen and oxygen atoms in total. The van der Waals surface area contributed by atoms with Crippen molar-refractivity contribution in [3.63, 3.8) is 0 Å². The first-order valence-electron chi connectivity index (χ1n) is 10.4. The Morgan fingerprint density at radius 3 is 2.38 bits per heavy atom. The van der Waals surface area contributed by atoms with Gasteiger partial charge in [-0.05, 0) is 43.2 Å². The molecule has 2 fully saturated rings. The summed E-state index contributed by atoms with van der Waals surface area (Å²) in [6.07, 6.45) is 0.920. The molecule has 2 heterocycles. The Bertz CT molecular complexity index is 1040. The quantitative estimate of drug-likeness (QED) is 0.738. The topological polar surface area (TPSA) is 73.0 Å². The van der Waals surface area contributed by atoms with Crippen molar-refractivity contribution in [3.8, 4) is 0 Å². The molecule has 0 aromatic heterocycles. The van der Waals surface area contributed by atoms with Crippen LogP contribution in [0.5, 0.6) is 0 Å². The van der Waals surface area contributed by atoms with Crippen LogP contribution in [0, 0.1) is 0 Å². The van der Waals surface area contributed by atoms with Crippen molar-refractivity contribution in [3.05, 3.63) is 64.1 Å². The van der Waals surface area contributed by atoms with E-state index >= 15 is 0 Å². The SMILES string of the molecule is CNC(=O)CN1CN(c2ccccc2)C2(CCN(C(=O)c3ccc(Cl)cc3Cl)CC2)C1=O. The van der Waals surface area contributed by atoms with E-state index in [2.05, 4.69) is 10.2 Å². The highest BCUT2D eigenvalue weighted by Gasteiger charge is 2.54. The predicted octanol–water partition coefficient (Wildman–Crippen LogP) is 3.02. The van der Waals surface area contributed by atoms with E-state index in [1.165, 1.54) is 0 Å². The minimum atomic E-state index is -0.796. The standard InChI is InChI=1S/C23H24Cl2N4O3/c1-26-20(30)14-28-15-29(17-5-3-2-4-6-17)23(22(28)32)9-11-27(12-10-23)21(31)18-8-7-16(24)13-19(18)25/h2-8,13H,9-12,14-15H2,1H3,(H,26,30). The van der Waals surface area contributed by atoms with Crippen LogP contribution in [-0.2, 0) is 9.59 Å². The molecule has 0 radical (unpaired) electrons.